The van der Waals surface area contributed by atoms with Gasteiger partial charge in [0.25, 0.3) is 5.91 Å². The predicted octanol–water partition coefficient (Wildman–Crippen LogP) is 3.36. The van der Waals surface area contributed by atoms with Crippen molar-refractivity contribution in [3.05, 3.63) is 66.2 Å². The SMILES string of the molecule is CC(C)CC(NC(=O)CN1C(=O)CN(c2ccccc2)C1=O)c1ccccc1. The predicted molar refractivity (Wildman–Crippen MR) is 108 cm³/mol. The molecule has 1 heterocycles. The Morgan fingerprint density at radius 1 is 1.00 bits per heavy atom. The number of rotatable bonds is 7. The van der Waals surface area contributed by atoms with Crippen LogP contribution in [0.2, 0.25) is 0 Å². The molecule has 6 heteroatoms. The second-order valence-electron chi connectivity index (χ2n) is 7.34. The smallest absolute Gasteiger partial charge is 0.332 e. The summed E-state index contributed by atoms with van der Waals surface area (Å²) in [7, 11) is 0. The van der Waals surface area contributed by atoms with E-state index in [1.54, 1.807) is 24.3 Å². The Balaban J connectivity index is 1.67. The summed E-state index contributed by atoms with van der Waals surface area (Å²) in [5, 5.41) is 2.98. The molecule has 1 N–H and O–H groups in total. The third kappa shape index (κ3) is 4.57. The maximum Gasteiger partial charge on any atom is 0.332 e. The molecular formula is C22H25N3O3. The molecule has 1 saturated heterocycles. The highest BCUT2D eigenvalue weighted by atomic mass is 16.2. The lowest BCUT2D eigenvalue weighted by atomic mass is 9.97. The summed E-state index contributed by atoms with van der Waals surface area (Å²) in [5.41, 5.74) is 1.65. The molecule has 0 spiro atoms. The summed E-state index contributed by atoms with van der Waals surface area (Å²) in [6.45, 7) is 3.85. The number of amides is 4. The van der Waals surface area contributed by atoms with Crippen molar-refractivity contribution < 1.29 is 14.4 Å². The van der Waals surface area contributed by atoms with Crippen molar-refractivity contribution in [2.24, 2.45) is 5.92 Å². The van der Waals surface area contributed by atoms with Crippen molar-refractivity contribution in [1.29, 1.82) is 0 Å². The maximum absolute atomic E-state index is 12.6. The van der Waals surface area contributed by atoms with Gasteiger partial charge in [0.15, 0.2) is 0 Å². The van der Waals surface area contributed by atoms with Crippen LogP contribution >= 0.6 is 0 Å². The van der Waals surface area contributed by atoms with Gasteiger partial charge in [-0.1, -0.05) is 62.4 Å². The third-order valence-corrected chi connectivity index (χ3v) is 4.67. The van der Waals surface area contributed by atoms with E-state index in [0.29, 0.717) is 11.6 Å². The van der Waals surface area contributed by atoms with Crippen LogP contribution in [-0.2, 0) is 9.59 Å². The summed E-state index contributed by atoms with van der Waals surface area (Å²) in [6, 6.07) is 18.1. The molecule has 0 aromatic heterocycles. The summed E-state index contributed by atoms with van der Waals surface area (Å²) in [6.07, 6.45) is 0.772. The van der Waals surface area contributed by atoms with Crippen LogP contribution in [0, 0.1) is 5.92 Å². The van der Waals surface area contributed by atoms with Crippen LogP contribution < -0.4 is 10.2 Å². The van der Waals surface area contributed by atoms with Gasteiger partial charge in [0.05, 0.1) is 6.04 Å². The van der Waals surface area contributed by atoms with Gasteiger partial charge in [-0.2, -0.15) is 0 Å². The van der Waals surface area contributed by atoms with Gasteiger partial charge in [0, 0.05) is 5.69 Å². The molecule has 0 bridgehead atoms. The highest BCUT2D eigenvalue weighted by molar-refractivity contribution is 6.13. The third-order valence-electron chi connectivity index (χ3n) is 4.67. The van der Waals surface area contributed by atoms with E-state index in [9.17, 15) is 14.4 Å². The minimum Gasteiger partial charge on any atom is -0.348 e. The molecule has 6 nitrogen and oxygen atoms in total. The number of urea groups is 1. The molecule has 1 unspecified atom stereocenters. The van der Waals surface area contributed by atoms with Crippen molar-refractivity contribution in [1.82, 2.24) is 10.2 Å². The Hall–Kier alpha value is -3.15. The first-order valence-electron chi connectivity index (χ1n) is 9.47. The van der Waals surface area contributed by atoms with Crippen LogP contribution in [0.4, 0.5) is 10.5 Å². The minimum absolute atomic E-state index is 0.0514. The molecule has 4 amide bonds. The first-order valence-corrected chi connectivity index (χ1v) is 9.47. The fraction of sp³-hybridized carbons (Fsp3) is 0.318. The lowest BCUT2D eigenvalue weighted by Gasteiger charge is -2.23. The fourth-order valence-corrected chi connectivity index (χ4v) is 3.32. The normalized spacial score (nSPS) is 15.2. The molecule has 0 radical (unpaired) electrons. The number of hydrogen-bond donors (Lipinski definition) is 1. The van der Waals surface area contributed by atoms with Crippen molar-refractivity contribution in [3.8, 4) is 0 Å². The number of nitrogens with one attached hydrogen (secondary N) is 1. The average molecular weight is 379 g/mol. The quantitative estimate of drug-likeness (QED) is 0.750. The van der Waals surface area contributed by atoms with Crippen molar-refractivity contribution in [2.45, 2.75) is 26.3 Å². The van der Waals surface area contributed by atoms with Gasteiger partial charge in [-0.3, -0.25) is 19.4 Å². The van der Waals surface area contributed by atoms with Crippen molar-refractivity contribution in [3.63, 3.8) is 0 Å². The van der Waals surface area contributed by atoms with Gasteiger partial charge in [-0.05, 0) is 30.0 Å². The van der Waals surface area contributed by atoms with Crippen LogP contribution in [0.25, 0.3) is 0 Å². The van der Waals surface area contributed by atoms with E-state index in [2.05, 4.69) is 19.2 Å². The van der Waals surface area contributed by atoms with Crippen LogP contribution in [-0.4, -0.2) is 35.8 Å². The van der Waals surface area contributed by atoms with E-state index in [0.717, 1.165) is 16.9 Å². The van der Waals surface area contributed by atoms with Crippen LogP contribution in [0.1, 0.15) is 31.9 Å². The summed E-state index contributed by atoms with van der Waals surface area (Å²) < 4.78 is 0. The summed E-state index contributed by atoms with van der Waals surface area (Å²) in [5.74, 6) is -0.329. The lowest BCUT2D eigenvalue weighted by Crippen LogP contribution is -2.42. The molecular weight excluding hydrogens is 354 g/mol. The van der Waals surface area contributed by atoms with Crippen molar-refractivity contribution in [2.75, 3.05) is 18.0 Å². The highest BCUT2D eigenvalue weighted by Crippen LogP contribution is 2.22. The zero-order chi connectivity index (χ0) is 20.1. The molecule has 0 aliphatic carbocycles. The summed E-state index contributed by atoms with van der Waals surface area (Å²) >= 11 is 0. The average Bonchev–Trinajstić information content (AvgIpc) is 2.97. The molecule has 1 aliphatic heterocycles. The fourth-order valence-electron chi connectivity index (χ4n) is 3.32. The molecule has 2 aromatic carbocycles. The molecule has 1 atom stereocenters. The Bertz CT molecular complexity index is 837. The maximum atomic E-state index is 12.6. The molecule has 28 heavy (non-hydrogen) atoms. The van der Waals surface area contributed by atoms with Gasteiger partial charge >= 0.3 is 6.03 Å². The molecule has 2 aromatic rings. The van der Waals surface area contributed by atoms with Gasteiger partial charge in [-0.25, -0.2) is 4.79 Å². The molecule has 1 aliphatic rings. The number of carbonyl (C=O) groups excluding carboxylic acids is 3. The molecule has 3 rings (SSSR count). The second kappa shape index (κ2) is 8.69. The van der Waals surface area contributed by atoms with E-state index in [1.165, 1.54) is 4.90 Å². The monoisotopic (exact) mass is 379 g/mol. The summed E-state index contributed by atoms with van der Waals surface area (Å²) in [4.78, 5) is 40.0. The second-order valence-corrected chi connectivity index (χ2v) is 7.34. The number of imide groups is 1. The van der Waals surface area contributed by atoms with E-state index in [4.69, 9.17) is 0 Å². The standard InChI is InChI=1S/C22H25N3O3/c1-16(2)13-19(17-9-5-3-6-10-17)23-20(26)14-25-21(27)15-24(22(25)28)18-11-7-4-8-12-18/h3-12,16,19H,13-15H2,1-2H3,(H,23,26). The first-order chi connectivity index (χ1) is 13.5. The zero-order valence-electron chi connectivity index (χ0n) is 16.2. The van der Waals surface area contributed by atoms with E-state index in [-0.39, 0.29) is 30.9 Å². The van der Waals surface area contributed by atoms with Crippen LogP contribution in [0.3, 0.4) is 0 Å². The topological polar surface area (TPSA) is 69.7 Å². The first kappa shape index (κ1) is 19.6. The van der Waals surface area contributed by atoms with E-state index < -0.39 is 6.03 Å². The van der Waals surface area contributed by atoms with Gasteiger partial charge in [0.1, 0.15) is 13.1 Å². The number of carbonyl (C=O) groups is 3. The Morgan fingerprint density at radius 2 is 1.61 bits per heavy atom. The molecule has 0 saturated carbocycles. The largest absolute Gasteiger partial charge is 0.348 e. The number of anilines is 1. The Morgan fingerprint density at radius 3 is 2.21 bits per heavy atom. The van der Waals surface area contributed by atoms with Gasteiger partial charge < -0.3 is 5.32 Å². The molecule has 1 fully saturated rings. The van der Waals surface area contributed by atoms with Gasteiger partial charge in [0.2, 0.25) is 5.91 Å². The minimum atomic E-state index is -0.466. The molecule has 146 valence electrons. The number of hydrogen-bond acceptors (Lipinski definition) is 3. The number of nitrogens with zero attached hydrogens (tertiary/aromatic N) is 2. The number of benzene rings is 2. The highest BCUT2D eigenvalue weighted by Gasteiger charge is 2.38. The van der Waals surface area contributed by atoms with E-state index in [1.807, 2.05) is 36.4 Å². The zero-order valence-corrected chi connectivity index (χ0v) is 16.2. The van der Waals surface area contributed by atoms with Gasteiger partial charge in [-0.15, -0.1) is 0 Å². The van der Waals surface area contributed by atoms with E-state index >= 15 is 0 Å². The van der Waals surface area contributed by atoms with Crippen molar-refractivity contribution >= 4 is 23.5 Å². The Labute approximate surface area is 165 Å². The number of para-hydroxylation sites is 1. The lowest BCUT2D eigenvalue weighted by molar-refractivity contribution is -0.131. The Kier molecular flexibility index (Phi) is 6.09. The van der Waals surface area contributed by atoms with Crippen LogP contribution in [0.5, 0.6) is 0 Å². The van der Waals surface area contributed by atoms with Crippen LogP contribution in [0.15, 0.2) is 60.7 Å².